The Morgan fingerprint density at radius 2 is 1.84 bits per heavy atom. The molecule has 1 unspecified atom stereocenters. The Morgan fingerprint density at radius 1 is 1.09 bits per heavy atom. The van der Waals surface area contributed by atoms with Gasteiger partial charge in [0.15, 0.2) is 0 Å². The number of fused-ring (bicyclic) bond motifs is 1. The minimum absolute atomic E-state index is 0.0269. The first-order valence-electron chi connectivity index (χ1n) is 9.95. The first-order valence-corrected chi connectivity index (χ1v) is 9.95. The van der Waals surface area contributed by atoms with Crippen molar-refractivity contribution in [2.75, 3.05) is 0 Å². The van der Waals surface area contributed by atoms with Crippen molar-refractivity contribution in [2.45, 2.75) is 39.0 Å². The van der Waals surface area contributed by atoms with E-state index >= 15 is 0 Å². The van der Waals surface area contributed by atoms with E-state index in [0.717, 1.165) is 12.1 Å². The van der Waals surface area contributed by atoms with E-state index in [1.165, 1.54) is 21.3 Å². The monoisotopic (exact) mass is 444 g/mol. The number of hydrogen-bond acceptors (Lipinski definition) is 5. The van der Waals surface area contributed by atoms with Crippen LogP contribution in [0.3, 0.4) is 0 Å². The van der Waals surface area contributed by atoms with Crippen LogP contribution in [0, 0.1) is 0 Å². The van der Waals surface area contributed by atoms with Crippen LogP contribution in [0.2, 0.25) is 0 Å². The van der Waals surface area contributed by atoms with Crippen molar-refractivity contribution >= 4 is 10.9 Å². The zero-order valence-corrected chi connectivity index (χ0v) is 17.3. The van der Waals surface area contributed by atoms with Gasteiger partial charge in [-0.05, 0) is 37.6 Å². The van der Waals surface area contributed by atoms with E-state index in [2.05, 4.69) is 10.1 Å². The fourth-order valence-electron chi connectivity index (χ4n) is 3.47. The fraction of sp³-hybridized carbons (Fsp3) is 0.273. The molecule has 2 heterocycles. The van der Waals surface area contributed by atoms with E-state index in [9.17, 15) is 22.8 Å². The van der Waals surface area contributed by atoms with Crippen LogP contribution in [0.25, 0.3) is 22.3 Å². The molecule has 0 saturated carbocycles. The summed E-state index contributed by atoms with van der Waals surface area (Å²) < 4.78 is 46.8. The molecule has 0 aliphatic heterocycles. The van der Waals surface area contributed by atoms with Crippen molar-refractivity contribution in [3.8, 4) is 11.4 Å². The number of hydrogen-bond donors (Lipinski definition) is 0. The minimum atomic E-state index is -4.50. The molecule has 0 amide bonds. The summed E-state index contributed by atoms with van der Waals surface area (Å²) in [6.45, 7) is 3.51. The Hall–Kier alpha value is -3.69. The molecule has 7 nitrogen and oxygen atoms in total. The molecule has 4 rings (SSSR count). The van der Waals surface area contributed by atoms with Gasteiger partial charge in [-0.2, -0.15) is 18.2 Å². The van der Waals surface area contributed by atoms with E-state index in [0.29, 0.717) is 17.3 Å². The van der Waals surface area contributed by atoms with E-state index < -0.39 is 17.4 Å². The summed E-state index contributed by atoms with van der Waals surface area (Å²) in [5.41, 5.74) is -1.20. The summed E-state index contributed by atoms with van der Waals surface area (Å²) in [5, 5.41) is 4.14. The summed E-state index contributed by atoms with van der Waals surface area (Å²) in [6, 6.07) is 10.9. The Labute approximate surface area is 179 Å². The van der Waals surface area contributed by atoms with E-state index in [1.807, 2.05) is 6.92 Å². The molecule has 2 aromatic heterocycles. The van der Waals surface area contributed by atoms with Gasteiger partial charge in [0.2, 0.25) is 11.7 Å². The Morgan fingerprint density at radius 3 is 2.56 bits per heavy atom. The van der Waals surface area contributed by atoms with Gasteiger partial charge in [-0.25, -0.2) is 4.79 Å². The molecule has 32 heavy (non-hydrogen) atoms. The quantitative estimate of drug-likeness (QED) is 0.460. The highest BCUT2D eigenvalue weighted by Gasteiger charge is 2.30. The summed E-state index contributed by atoms with van der Waals surface area (Å²) in [7, 11) is 0. The van der Waals surface area contributed by atoms with Crippen molar-refractivity contribution in [1.29, 1.82) is 0 Å². The largest absolute Gasteiger partial charge is 0.416 e. The standard InChI is InChI=1S/C22H19F3N4O3/c1-3-13(2)29-20(30)16-9-4-5-10-17(16)28(21(29)31)12-18-26-19(27-32-18)14-7-6-8-15(11-14)22(23,24)25/h4-11,13H,3,12H2,1-2H3. The van der Waals surface area contributed by atoms with Gasteiger partial charge in [0, 0.05) is 11.6 Å². The van der Waals surface area contributed by atoms with Crippen molar-refractivity contribution < 1.29 is 17.7 Å². The number of nitrogens with zero attached hydrogens (tertiary/aromatic N) is 4. The molecule has 0 fully saturated rings. The molecule has 10 heteroatoms. The molecule has 0 aliphatic rings. The summed E-state index contributed by atoms with van der Waals surface area (Å²) in [4.78, 5) is 30.2. The van der Waals surface area contributed by atoms with E-state index in [4.69, 9.17) is 4.52 Å². The predicted molar refractivity (Wildman–Crippen MR) is 111 cm³/mol. The van der Waals surface area contributed by atoms with Crippen LogP contribution < -0.4 is 11.2 Å². The highest BCUT2D eigenvalue weighted by Crippen LogP contribution is 2.31. The molecule has 1 atom stereocenters. The molecule has 0 aliphatic carbocycles. The maximum atomic E-state index is 13.2. The first-order chi connectivity index (χ1) is 15.2. The zero-order valence-electron chi connectivity index (χ0n) is 17.3. The third kappa shape index (κ3) is 3.83. The molecule has 2 aromatic carbocycles. The maximum Gasteiger partial charge on any atom is 0.416 e. The summed E-state index contributed by atoms with van der Waals surface area (Å²) in [5.74, 6) is -0.00211. The molecule has 0 radical (unpaired) electrons. The van der Waals surface area contributed by atoms with Gasteiger partial charge in [-0.3, -0.25) is 13.9 Å². The van der Waals surface area contributed by atoms with Crippen LogP contribution in [-0.4, -0.2) is 19.3 Å². The third-order valence-electron chi connectivity index (χ3n) is 5.32. The highest BCUT2D eigenvalue weighted by molar-refractivity contribution is 5.77. The van der Waals surface area contributed by atoms with E-state index in [1.54, 1.807) is 31.2 Å². The Balaban J connectivity index is 1.78. The fourth-order valence-corrected chi connectivity index (χ4v) is 3.47. The number of para-hydroxylation sites is 1. The highest BCUT2D eigenvalue weighted by atomic mass is 19.4. The van der Waals surface area contributed by atoms with Crippen molar-refractivity contribution in [3.05, 3.63) is 80.8 Å². The second kappa shape index (κ2) is 8.10. The number of halogens is 3. The van der Waals surface area contributed by atoms with Gasteiger partial charge in [-0.15, -0.1) is 0 Å². The van der Waals surface area contributed by atoms with Crippen LogP contribution in [0.1, 0.15) is 37.8 Å². The molecule has 166 valence electrons. The smallest absolute Gasteiger partial charge is 0.337 e. The van der Waals surface area contributed by atoms with Crippen molar-refractivity contribution in [1.82, 2.24) is 19.3 Å². The molecule has 0 bridgehead atoms. The second-order valence-electron chi connectivity index (χ2n) is 7.41. The Kier molecular flexibility index (Phi) is 5.45. The average molecular weight is 444 g/mol. The van der Waals surface area contributed by atoms with Gasteiger partial charge in [-0.1, -0.05) is 36.3 Å². The number of benzene rings is 2. The van der Waals surface area contributed by atoms with Gasteiger partial charge in [0.25, 0.3) is 5.56 Å². The lowest BCUT2D eigenvalue weighted by atomic mass is 10.1. The normalized spacial score (nSPS) is 12.9. The van der Waals surface area contributed by atoms with E-state index in [-0.39, 0.29) is 35.4 Å². The lowest BCUT2D eigenvalue weighted by Gasteiger charge is -2.16. The SMILES string of the molecule is CCC(C)n1c(=O)c2ccccc2n(Cc2nc(-c3cccc(C(F)(F)F)c3)no2)c1=O. The maximum absolute atomic E-state index is 13.2. The van der Waals surface area contributed by atoms with Crippen LogP contribution in [0.15, 0.2) is 62.6 Å². The van der Waals surface area contributed by atoms with Gasteiger partial charge in [0.1, 0.15) is 6.54 Å². The van der Waals surface area contributed by atoms with Crippen LogP contribution in [0.5, 0.6) is 0 Å². The summed E-state index contributed by atoms with van der Waals surface area (Å²) in [6.07, 6.45) is -3.92. The van der Waals surface area contributed by atoms with Gasteiger partial charge < -0.3 is 4.52 Å². The number of aromatic nitrogens is 4. The Bertz CT molecular complexity index is 1400. The lowest BCUT2D eigenvalue weighted by molar-refractivity contribution is -0.137. The van der Waals surface area contributed by atoms with Crippen molar-refractivity contribution in [3.63, 3.8) is 0 Å². The first kappa shape index (κ1) is 21.5. The molecule has 0 spiro atoms. The predicted octanol–water partition coefficient (Wildman–Crippen LogP) is 4.25. The van der Waals surface area contributed by atoms with Crippen LogP contribution >= 0.6 is 0 Å². The molecular weight excluding hydrogens is 425 g/mol. The van der Waals surface area contributed by atoms with Gasteiger partial charge in [0.05, 0.1) is 16.5 Å². The number of rotatable bonds is 5. The minimum Gasteiger partial charge on any atom is -0.337 e. The van der Waals surface area contributed by atoms with Crippen LogP contribution in [-0.2, 0) is 12.7 Å². The molecular formula is C22H19F3N4O3. The summed E-state index contributed by atoms with van der Waals surface area (Å²) >= 11 is 0. The third-order valence-corrected chi connectivity index (χ3v) is 5.32. The topological polar surface area (TPSA) is 82.9 Å². The zero-order chi connectivity index (χ0) is 23.0. The molecule has 4 aromatic rings. The van der Waals surface area contributed by atoms with Crippen molar-refractivity contribution in [2.24, 2.45) is 0 Å². The molecule has 0 saturated heterocycles. The second-order valence-corrected chi connectivity index (χ2v) is 7.41. The number of alkyl halides is 3. The van der Waals surface area contributed by atoms with Gasteiger partial charge >= 0.3 is 11.9 Å². The van der Waals surface area contributed by atoms with Crippen LogP contribution in [0.4, 0.5) is 13.2 Å². The average Bonchev–Trinajstić information content (AvgIpc) is 3.25. The molecule has 0 N–H and O–H groups in total. The lowest BCUT2D eigenvalue weighted by Crippen LogP contribution is -2.41.